The molecule has 1 aliphatic heterocycles. The molecule has 10 rings (SSSR count). The number of carbonyl (C=O) groups is 2. The molecule has 5 heteroatoms. The van der Waals surface area contributed by atoms with Gasteiger partial charge in [-0.05, 0) is 58.7 Å². The van der Waals surface area contributed by atoms with Crippen LogP contribution in [0.15, 0.2) is 188 Å². The molecule has 9 aromatic rings. The van der Waals surface area contributed by atoms with Crippen molar-refractivity contribution in [2.75, 3.05) is 4.90 Å². The lowest BCUT2D eigenvalue weighted by molar-refractivity contribution is 0.0926. The topological polar surface area (TPSA) is 55.2 Å². The maximum absolute atomic E-state index is 15.4. The van der Waals surface area contributed by atoms with Crippen LogP contribution in [0.2, 0.25) is 0 Å². The first-order valence-corrected chi connectivity index (χ1v) is 18.0. The maximum atomic E-state index is 15.4. The highest BCUT2D eigenvalue weighted by Crippen LogP contribution is 2.47. The molecule has 0 aliphatic carbocycles. The second kappa shape index (κ2) is 12.7. The van der Waals surface area contributed by atoms with E-state index in [2.05, 4.69) is 64.1 Å². The van der Waals surface area contributed by atoms with Gasteiger partial charge in [-0.2, -0.15) is 0 Å². The van der Waals surface area contributed by atoms with Gasteiger partial charge >= 0.3 is 0 Å². The fourth-order valence-corrected chi connectivity index (χ4v) is 8.03. The van der Waals surface area contributed by atoms with Crippen LogP contribution < -0.4 is 4.90 Å². The summed E-state index contributed by atoms with van der Waals surface area (Å²) in [6.45, 7) is 0. The lowest BCUT2D eigenvalue weighted by atomic mass is 9.90. The van der Waals surface area contributed by atoms with Gasteiger partial charge in [0.2, 0.25) is 0 Å². The van der Waals surface area contributed by atoms with Crippen LogP contribution in [0.25, 0.3) is 72.0 Å². The highest BCUT2D eigenvalue weighted by molar-refractivity contribution is 6.37. The molecule has 0 atom stereocenters. The van der Waals surface area contributed by atoms with Gasteiger partial charge in [-0.3, -0.25) is 14.6 Å². The number of carbonyl (C=O) groups excluding carboxylic acids is 2. The summed E-state index contributed by atoms with van der Waals surface area (Å²) in [7, 11) is 0. The number of benzene rings is 7. The van der Waals surface area contributed by atoms with E-state index in [1.165, 1.54) is 4.90 Å². The first-order chi connectivity index (χ1) is 26.7. The van der Waals surface area contributed by atoms with Crippen LogP contribution in [0.3, 0.4) is 0 Å². The van der Waals surface area contributed by atoms with Crippen LogP contribution in [0.4, 0.5) is 5.69 Å². The Morgan fingerprint density at radius 1 is 0.426 bits per heavy atom. The molecule has 7 aromatic carbocycles. The van der Waals surface area contributed by atoms with Crippen molar-refractivity contribution < 1.29 is 9.59 Å². The van der Waals surface area contributed by atoms with E-state index in [0.29, 0.717) is 22.5 Å². The molecule has 0 N–H and O–H groups in total. The molecule has 5 nitrogen and oxygen atoms in total. The lowest BCUT2D eigenvalue weighted by Crippen LogP contribution is -2.30. The van der Waals surface area contributed by atoms with Gasteiger partial charge in [0.15, 0.2) is 0 Å². The number of hydrogen-bond acceptors (Lipinski definition) is 3. The fourth-order valence-electron chi connectivity index (χ4n) is 8.03. The number of fused-ring (bicyclic) bond motifs is 4. The number of hydrogen-bond donors (Lipinski definition) is 0. The summed E-state index contributed by atoms with van der Waals surface area (Å²) in [5.74, 6) is -0.718. The number of para-hydroxylation sites is 2. The highest BCUT2D eigenvalue weighted by Gasteiger charge is 2.42. The van der Waals surface area contributed by atoms with E-state index in [-0.39, 0.29) is 11.8 Å². The predicted molar refractivity (Wildman–Crippen MR) is 218 cm³/mol. The molecular weight excluding hydrogens is 663 g/mol. The van der Waals surface area contributed by atoms with Gasteiger partial charge in [0.25, 0.3) is 11.8 Å². The van der Waals surface area contributed by atoms with E-state index in [1.807, 2.05) is 121 Å². The molecule has 0 bridgehead atoms. The fraction of sp³-hybridized carbons (Fsp3) is 0. The Morgan fingerprint density at radius 2 is 1.00 bits per heavy atom. The zero-order chi connectivity index (χ0) is 36.2. The second-order valence-corrected chi connectivity index (χ2v) is 13.5. The monoisotopic (exact) mass is 693 g/mol. The van der Waals surface area contributed by atoms with Crippen molar-refractivity contribution in [1.29, 1.82) is 0 Å². The van der Waals surface area contributed by atoms with Crippen molar-refractivity contribution in [2.45, 2.75) is 0 Å². The third-order valence-corrected chi connectivity index (χ3v) is 10.4. The number of amides is 2. The predicted octanol–water partition coefficient (Wildman–Crippen LogP) is 11.6. The van der Waals surface area contributed by atoms with Crippen molar-refractivity contribution in [3.05, 3.63) is 199 Å². The van der Waals surface area contributed by atoms with Crippen LogP contribution in [0, 0.1) is 0 Å². The smallest absolute Gasteiger partial charge is 0.268 e. The molecule has 3 heterocycles. The van der Waals surface area contributed by atoms with Crippen molar-refractivity contribution in [3.63, 3.8) is 0 Å². The van der Waals surface area contributed by atoms with Gasteiger partial charge in [-0.15, -0.1) is 0 Å². The van der Waals surface area contributed by atoms with Gasteiger partial charge in [0.1, 0.15) is 0 Å². The van der Waals surface area contributed by atoms with Crippen molar-refractivity contribution in [1.82, 2.24) is 9.55 Å². The standard InChI is InChI=1S/C49H31N3O2/c53-48-40-25-13-27-44(51-43-26-11-10-22-38(43)39-24-12-23-37(46(39)51)35-21-14-28-50-31-35)45(40)49(54)52(48)47-41(33-17-6-2-7-18-33)29-36(32-15-4-1-5-16-32)30-42(47)34-19-8-3-9-20-34/h1-31H. The Labute approximate surface area is 312 Å². The summed E-state index contributed by atoms with van der Waals surface area (Å²) in [6.07, 6.45) is 3.62. The van der Waals surface area contributed by atoms with E-state index in [0.717, 1.165) is 66.3 Å². The van der Waals surface area contributed by atoms with Crippen LogP contribution in [-0.4, -0.2) is 21.4 Å². The lowest BCUT2D eigenvalue weighted by Gasteiger charge is -2.24. The molecule has 2 amide bonds. The van der Waals surface area contributed by atoms with Gasteiger partial charge in [0, 0.05) is 45.4 Å². The van der Waals surface area contributed by atoms with Crippen LogP contribution in [0.5, 0.6) is 0 Å². The summed E-state index contributed by atoms with van der Waals surface area (Å²) in [5.41, 5.74) is 11.2. The first kappa shape index (κ1) is 31.4. The molecule has 0 unspecified atom stereocenters. The van der Waals surface area contributed by atoms with Crippen molar-refractivity contribution in [3.8, 4) is 50.2 Å². The molecule has 0 fully saturated rings. The van der Waals surface area contributed by atoms with E-state index >= 15 is 4.79 Å². The Morgan fingerprint density at radius 3 is 1.67 bits per heavy atom. The van der Waals surface area contributed by atoms with E-state index in [9.17, 15) is 4.79 Å². The molecule has 254 valence electrons. The zero-order valence-corrected chi connectivity index (χ0v) is 29.1. The third-order valence-electron chi connectivity index (χ3n) is 10.4. The van der Waals surface area contributed by atoms with Crippen molar-refractivity contribution in [2.24, 2.45) is 0 Å². The number of nitrogens with zero attached hydrogens (tertiary/aromatic N) is 3. The summed E-state index contributed by atoms with van der Waals surface area (Å²) in [5, 5.41) is 2.10. The molecule has 2 aromatic heterocycles. The SMILES string of the molecule is O=C1c2cccc(-n3c4ccccc4c4cccc(-c5cccnc5)c43)c2C(=O)N1c1c(-c2ccccc2)cc(-c2ccccc2)cc1-c1ccccc1. The molecule has 0 spiro atoms. The number of aromatic nitrogens is 2. The van der Waals surface area contributed by atoms with Crippen LogP contribution in [0.1, 0.15) is 20.7 Å². The van der Waals surface area contributed by atoms with Gasteiger partial charge in [-0.1, -0.05) is 140 Å². The van der Waals surface area contributed by atoms with E-state index in [1.54, 1.807) is 12.3 Å². The Bertz CT molecular complexity index is 2840. The minimum absolute atomic E-state index is 0.355. The second-order valence-electron chi connectivity index (χ2n) is 13.5. The summed E-state index contributed by atoms with van der Waals surface area (Å²) in [4.78, 5) is 36.1. The van der Waals surface area contributed by atoms with Crippen LogP contribution >= 0.6 is 0 Å². The average molecular weight is 694 g/mol. The Balaban J connectivity index is 1.25. The highest BCUT2D eigenvalue weighted by atomic mass is 16.2. The number of pyridine rings is 1. The summed E-state index contributed by atoms with van der Waals surface area (Å²) >= 11 is 0. The molecule has 1 aliphatic rings. The average Bonchev–Trinajstić information content (AvgIpc) is 3.72. The largest absolute Gasteiger partial charge is 0.308 e. The Kier molecular flexibility index (Phi) is 7.37. The minimum atomic E-state index is -0.364. The first-order valence-electron chi connectivity index (χ1n) is 18.0. The molecule has 54 heavy (non-hydrogen) atoms. The van der Waals surface area contributed by atoms with Gasteiger partial charge in [-0.25, -0.2) is 4.90 Å². The third kappa shape index (κ3) is 4.90. The molecule has 0 saturated heterocycles. The summed E-state index contributed by atoms with van der Waals surface area (Å²) in [6, 6.07) is 58.5. The van der Waals surface area contributed by atoms with Gasteiger partial charge in [0.05, 0.1) is 33.5 Å². The number of imide groups is 1. The van der Waals surface area contributed by atoms with E-state index < -0.39 is 0 Å². The molecule has 0 saturated carbocycles. The quantitative estimate of drug-likeness (QED) is 0.163. The molecular formula is C49H31N3O2. The minimum Gasteiger partial charge on any atom is -0.308 e. The Hall–Kier alpha value is -7.37. The number of rotatable bonds is 6. The summed E-state index contributed by atoms with van der Waals surface area (Å²) < 4.78 is 2.15. The number of anilines is 1. The molecule has 0 radical (unpaired) electrons. The van der Waals surface area contributed by atoms with Crippen molar-refractivity contribution >= 4 is 39.3 Å². The normalized spacial score (nSPS) is 12.5. The van der Waals surface area contributed by atoms with Gasteiger partial charge < -0.3 is 4.57 Å². The van der Waals surface area contributed by atoms with E-state index in [4.69, 9.17) is 0 Å². The zero-order valence-electron chi connectivity index (χ0n) is 29.1. The van der Waals surface area contributed by atoms with Crippen LogP contribution in [-0.2, 0) is 0 Å². The maximum Gasteiger partial charge on any atom is 0.268 e.